The van der Waals surface area contributed by atoms with E-state index in [9.17, 15) is 5.11 Å². The largest absolute Gasteiger partial charge is 0.493 e. The van der Waals surface area contributed by atoms with E-state index in [1.807, 2.05) is 6.07 Å². The average molecular weight is 476 g/mol. The normalized spacial score (nSPS) is 25.1. The number of rotatable bonds is 8. The van der Waals surface area contributed by atoms with Crippen LogP contribution in [0.25, 0.3) is 0 Å². The minimum atomic E-state index is -0.477. The SMILES string of the molecule is COc1cc(CN2C[C@H]3CNC[C@H]3C2)ccc1OCC(O)CN1CCCCCC1.Cl.Cl. The third-order valence-corrected chi connectivity index (χ3v) is 6.70. The Morgan fingerprint density at radius 1 is 1.00 bits per heavy atom. The molecule has 8 heteroatoms. The maximum atomic E-state index is 10.4. The number of nitrogens with zero attached hydrogens (tertiary/aromatic N) is 2. The maximum Gasteiger partial charge on any atom is 0.161 e. The van der Waals surface area contributed by atoms with Gasteiger partial charge in [-0.1, -0.05) is 18.9 Å². The topological polar surface area (TPSA) is 57.2 Å². The van der Waals surface area contributed by atoms with Crippen molar-refractivity contribution in [3.05, 3.63) is 23.8 Å². The summed E-state index contributed by atoms with van der Waals surface area (Å²) in [5.74, 6) is 3.09. The van der Waals surface area contributed by atoms with Crippen molar-refractivity contribution in [2.24, 2.45) is 11.8 Å². The highest BCUT2D eigenvalue weighted by Crippen LogP contribution is 2.31. The van der Waals surface area contributed by atoms with Crippen molar-refractivity contribution >= 4 is 24.8 Å². The van der Waals surface area contributed by atoms with Gasteiger partial charge in [0.05, 0.1) is 7.11 Å². The number of hydrogen-bond donors (Lipinski definition) is 2. The molecule has 0 aromatic heterocycles. The molecule has 0 amide bonds. The zero-order valence-corrected chi connectivity index (χ0v) is 20.3. The summed E-state index contributed by atoms with van der Waals surface area (Å²) in [6.07, 6.45) is 4.61. The predicted octanol–water partition coefficient (Wildman–Crippen LogP) is 2.81. The molecule has 0 aliphatic carbocycles. The van der Waals surface area contributed by atoms with Crippen molar-refractivity contribution in [3.63, 3.8) is 0 Å². The molecule has 3 saturated heterocycles. The first kappa shape index (κ1) is 26.5. The molecule has 4 rings (SSSR count). The van der Waals surface area contributed by atoms with Crippen LogP contribution in [-0.4, -0.2) is 80.5 Å². The van der Waals surface area contributed by atoms with Gasteiger partial charge in [-0.25, -0.2) is 0 Å². The number of aliphatic hydroxyl groups is 1. The molecule has 3 atom stereocenters. The molecule has 0 saturated carbocycles. The molecule has 1 aromatic carbocycles. The minimum absolute atomic E-state index is 0. The monoisotopic (exact) mass is 475 g/mol. The Bertz CT molecular complexity index is 647. The number of aliphatic hydroxyl groups excluding tert-OH is 1. The van der Waals surface area contributed by atoms with Gasteiger partial charge in [0, 0.05) is 26.2 Å². The van der Waals surface area contributed by atoms with Crippen LogP contribution in [0.4, 0.5) is 0 Å². The van der Waals surface area contributed by atoms with Crippen LogP contribution in [-0.2, 0) is 6.54 Å². The first-order valence-electron chi connectivity index (χ1n) is 11.3. The third-order valence-electron chi connectivity index (χ3n) is 6.70. The van der Waals surface area contributed by atoms with Gasteiger partial charge in [0.1, 0.15) is 12.7 Å². The Balaban J connectivity index is 0.00000171. The summed E-state index contributed by atoms with van der Waals surface area (Å²) < 4.78 is 11.5. The number of hydrogen-bond acceptors (Lipinski definition) is 6. The Kier molecular flexibility index (Phi) is 11.2. The summed E-state index contributed by atoms with van der Waals surface area (Å²) in [6.45, 7) is 8.81. The first-order valence-corrected chi connectivity index (χ1v) is 11.3. The highest BCUT2D eigenvalue weighted by molar-refractivity contribution is 5.85. The quantitative estimate of drug-likeness (QED) is 0.602. The van der Waals surface area contributed by atoms with Crippen molar-refractivity contribution in [1.82, 2.24) is 15.1 Å². The van der Waals surface area contributed by atoms with Gasteiger partial charge < -0.3 is 24.8 Å². The van der Waals surface area contributed by atoms with Crippen molar-refractivity contribution in [3.8, 4) is 11.5 Å². The van der Waals surface area contributed by atoms with E-state index in [-0.39, 0.29) is 24.8 Å². The molecule has 6 nitrogen and oxygen atoms in total. The molecular formula is C23H39Cl2N3O3. The van der Waals surface area contributed by atoms with Crippen LogP contribution in [0, 0.1) is 11.8 Å². The lowest BCUT2D eigenvalue weighted by Crippen LogP contribution is -2.36. The molecule has 0 radical (unpaired) electrons. The molecule has 3 heterocycles. The number of halogens is 2. The van der Waals surface area contributed by atoms with Crippen LogP contribution in [0.3, 0.4) is 0 Å². The number of methoxy groups -OCH3 is 1. The molecular weight excluding hydrogens is 437 g/mol. The fourth-order valence-corrected chi connectivity index (χ4v) is 5.12. The summed E-state index contributed by atoms with van der Waals surface area (Å²) in [6, 6.07) is 6.21. The van der Waals surface area contributed by atoms with E-state index in [4.69, 9.17) is 9.47 Å². The van der Waals surface area contributed by atoms with Crippen LogP contribution in [0.15, 0.2) is 18.2 Å². The highest BCUT2D eigenvalue weighted by Gasteiger charge is 2.35. The van der Waals surface area contributed by atoms with Crippen LogP contribution in [0.5, 0.6) is 11.5 Å². The summed E-state index contributed by atoms with van der Waals surface area (Å²) in [4.78, 5) is 4.92. The van der Waals surface area contributed by atoms with E-state index in [1.165, 1.54) is 44.3 Å². The molecule has 0 bridgehead atoms. The lowest BCUT2D eigenvalue weighted by Gasteiger charge is -2.23. The Labute approximate surface area is 199 Å². The summed E-state index contributed by atoms with van der Waals surface area (Å²) in [7, 11) is 1.69. The van der Waals surface area contributed by atoms with E-state index in [0.29, 0.717) is 18.9 Å². The molecule has 3 aliphatic rings. The number of likely N-dealkylation sites (tertiary alicyclic amines) is 2. The van der Waals surface area contributed by atoms with Crippen LogP contribution >= 0.6 is 24.8 Å². The highest BCUT2D eigenvalue weighted by atomic mass is 35.5. The molecule has 31 heavy (non-hydrogen) atoms. The Hall–Kier alpha value is -0.760. The molecule has 2 N–H and O–H groups in total. The van der Waals surface area contributed by atoms with Gasteiger partial charge in [-0.05, 0) is 68.6 Å². The van der Waals surface area contributed by atoms with E-state index >= 15 is 0 Å². The summed E-state index contributed by atoms with van der Waals surface area (Å²) in [5, 5.41) is 13.9. The van der Waals surface area contributed by atoms with Gasteiger partial charge in [0.25, 0.3) is 0 Å². The van der Waals surface area contributed by atoms with E-state index < -0.39 is 6.10 Å². The number of ether oxygens (including phenoxy) is 2. The van der Waals surface area contributed by atoms with Crippen LogP contribution in [0.1, 0.15) is 31.2 Å². The van der Waals surface area contributed by atoms with Crippen molar-refractivity contribution in [2.75, 3.05) is 59.5 Å². The Morgan fingerprint density at radius 3 is 2.32 bits per heavy atom. The van der Waals surface area contributed by atoms with E-state index in [0.717, 1.165) is 50.3 Å². The fourth-order valence-electron chi connectivity index (χ4n) is 5.12. The lowest BCUT2D eigenvalue weighted by atomic mass is 10.0. The number of benzene rings is 1. The fraction of sp³-hybridized carbons (Fsp3) is 0.739. The zero-order chi connectivity index (χ0) is 20.1. The average Bonchev–Trinajstić information content (AvgIpc) is 3.21. The molecule has 0 spiro atoms. The summed E-state index contributed by atoms with van der Waals surface area (Å²) in [5.41, 5.74) is 1.26. The van der Waals surface area contributed by atoms with E-state index in [1.54, 1.807) is 7.11 Å². The van der Waals surface area contributed by atoms with Crippen LogP contribution < -0.4 is 14.8 Å². The van der Waals surface area contributed by atoms with Crippen molar-refractivity contribution < 1.29 is 14.6 Å². The number of nitrogens with one attached hydrogen (secondary N) is 1. The second-order valence-corrected chi connectivity index (χ2v) is 9.04. The third kappa shape index (κ3) is 7.37. The number of β-amino-alcohol motifs (C(OH)–C–C–N with tert-alkyl or cyclic N) is 1. The Morgan fingerprint density at radius 2 is 1.68 bits per heavy atom. The van der Waals surface area contributed by atoms with Gasteiger partial charge in [-0.3, -0.25) is 4.90 Å². The predicted molar refractivity (Wildman–Crippen MR) is 129 cm³/mol. The van der Waals surface area contributed by atoms with E-state index in [2.05, 4.69) is 27.2 Å². The summed E-state index contributed by atoms with van der Waals surface area (Å²) >= 11 is 0. The molecule has 3 fully saturated rings. The van der Waals surface area contributed by atoms with Crippen molar-refractivity contribution in [2.45, 2.75) is 38.3 Å². The lowest BCUT2D eigenvalue weighted by molar-refractivity contribution is 0.0683. The molecule has 1 aromatic rings. The van der Waals surface area contributed by atoms with Gasteiger partial charge in [-0.2, -0.15) is 0 Å². The van der Waals surface area contributed by atoms with Gasteiger partial charge >= 0.3 is 0 Å². The zero-order valence-electron chi connectivity index (χ0n) is 18.6. The van der Waals surface area contributed by atoms with Crippen LogP contribution in [0.2, 0.25) is 0 Å². The standard InChI is InChI=1S/C23H37N3O3.2ClH/c1-28-23-10-18(13-26-14-19-11-24-12-20(19)15-26)6-7-22(23)29-17-21(27)16-25-8-4-2-3-5-9-25;;/h6-7,10,19-21,24,27H,2-5,8-9,11-17H2,1H3;2*1H/t19-,20+,21?;;. The van der Waals surface area contributed by atoms with Gasteiger partial charge in [-0.15, -0.1) is 24.8 Å². The second kappa shape index (κ2) is 13.1. The molecule has 178 valence electrons. The smallest absolute Gasteiger partial charge is 0.161 e. The maximum absolute atomic E-state index is 10.4. The second-order valence-electron chi connectivity index (χ2n) is 9.04. The molecule has 1 unspecified atom stereocenters. The van der Waals surface area contributed by atoms with Gasteiger partial charge in [0.2, 0.25) is 0 Å². The number of fused-ring (bicyclic) bond motifs is 1. The first-order chi connectivity index (χ1) is 14.2. The molecule has 3 aliphatic heterocycles. The van der Waals surface area contributed by atoms with Crippen molar-refractivity contribution in [1.29, 1.82) is 0 Å². The van der Waals surface area contributed by atoms with Gasteiger partial charge in [0.15, 0.2) is 11.5 Å². The minimum Gasteiger partial charge on any atom is -0.493 e.